The molecule has 0 atom stereocenters. The van der Waals surface area contributed by atoms with Gasteiger partial charge in [-0.25, -0.2) is 0 Å². The van der Waals surface area contributed by atoms with E-state index in [-0.39, 0.29) is 0 Å². The lowest BCUT2D eigenvalue weighted by Crippen LogP contribution is -2.14. The number of fused-ring (bicyclic) bond motifs is 1. The van der Waals surface area contributed by atoms with E-state index < -0.39 is 12.6 Å². The van der Waals surface area contributed by atoms with Gasteiger partial charge in [0.15, 0.2) is 0 Å². The Kier molecular flexibility index (Phi) is 21.1. The quantitative estimate of drug-likeness (QED) is 0.141. The van der Waals surface area contributed by atoms with Crippen molar-refractivity contribution in [2.75, 3.05) is 11.5 Å². The van der Waals surface area contributed by atoms with E-state index in [1.807, 2.05) is 19.9 Å². The highest BCUT2D eigenvalue weighted by atomic mass is 32.2. The van der Waals surface area contributed by atoms with Gasteiger partial charge in [0.05, 0.1) is 6.42 Å². The molecule has 0 saturated heterocycles. The molecule has 0 aliphatic heterocycles. The third-order valence-corrected chi connectivity index (χ3v) is 8.24. The van der Waals surface area contributed by atoms with Gasteiger partial charge < -0.3 is 4.57 Å². The van der Waals surface area contributed by atoms with Crippen molar-refractivity contribution in [1.29, 1.82) is 0 Å². The Balaban J connectivity index is 0.00000146. The Bertz CT molecular complexity index is 969. The number of unbranched alkanes of at least 4 members (excludes halogenated alkanes) is 6. The Morgan fingerprint density at radius 1 is 0.875 bits per heavy atom. The van der Waals surface area contributed by atoms with Gasteiger partial charge in [-0.15, -0.1) is 0 Å². The fourth-order valence-electron chi connectivity index (χ4n) is 4.35. The smallest absolute Gasteiger partial charge is 0.345 e. The third-order valence-electron chi connectivity index (χ3n) is 7.09. The SMILES string of the molecule is C=CC(=C)C.CCCC.CCCCSCCCCCCn1c(C)c(C)c2c(CC(F)(F)F)c(CCCC)ccc21. The molecule has 0 saturated carbocycles. The maximum atomic E-state index is 13.4. The van der Waals surface area contributed by atoms with Crippen LogP contribution in [0.5, 0.6) is 0 Å². The van der Waals surface area contributed by atoms with E-state index in [9.17, 15) is 13.2 Å². The van der Waals surface area contributed by atoms with Crippen molar-refractivity contribution in [1.82, 2.24) is 4.57 Å². The first-order valence-corrected chi connectivity index (χ1v) is 16.7. The van der Waals surface area contributed by atoms with Crippen molar-refractivity contribution < 1.29 is 13.2 Å². The number of rotatable bonds is 16. The molecule has 0 radical (unpaired) electrons. The molecule has 5 heteroatoms. The van der Waals surface area contributed by atoms with Gasteiger partial charge in [-0.3, -0.25) is 0 Å². The lowest BCUT2D eigenvalue weighted by atomic mass is 9.94. The highest BCUT2D eigenvalue weighted by Crippen LogP contribution is 2.35. The molecule has 40 heavy (non-hydrogen) atoms. The van der Waals surface area contributed by atoms with E-state index in [0.29, 0.717) is 5.56 Å². The molecule has 0 aliphatic carbocycles. The van der Waals surface area contributed by atoms with Crippen LogP contribution in [0.25, 0.3) is 10.9 Å². The minimum absolute atomic E-state index is 0.502. The van der Waals surface area contributed by atoms with Crippen LogP contribution in [-0.4, -0.2) is 22.2 Å². The lowest BCUT2D eigenvalue weighted by molar-refractivity contribution is -0.127. The number of hydrogen-bond donors (Lipinski definition) is 0. The molecule has 0 N–H and O–H groups in total. The van der Waals surface area contributed by atoms with E-state index in [2.05, 4.69) is 70.2 Å². The van der Waals surface area contributed by atoms with Crippen LogP contribution >= 0.6 is 11.8 Å². The molecule has 1 aromatic heterocycles. The van der Waals surface area contributed by atoms with Crippen LogP contribution < -0.4 is 0 Å². The number of aromatic nitrogens is 1. The zero-order chi connectivity index (χ0) is 30.6. The summed E-state index contributed by atoms with van der Waals surface area (Å²) in [4.78, 5) is 0. The van der Waals surface area contributed by atoms with Gasteiger partial charge >= 0.3 is 6.18 Å². The first kappa shape index (κ1) is 38.4. The third kappa shape index (κ3) is 15.4. The summed E-state index contributed by atoms with van der Waals surface area (Å²) >= 11 is 2.06. The van der Waals surface area contributed by atoms with Crippen LogP contribution in [-0.2, 0) is 19.4 Å². The lowest BCUT2D eigenvalue weighted by Gasteiger charge is -2.15. The van der Waals surface area contributed by atoms with Gasteiger partial charge in [-0.1, -0.05) is 97.1 Å². The van der Waals surface area contributed by atoms with Crippen LogP contribution in [0.15, 0.2) is 36.9 Å². The minimum atomic E-state index is -4.19. The predicted molar refractivity (Wildman–Crippen MR) is 176 cm³/mol. The predicted octanol–water partition coefficient (Wildman–Crippen LogP) is 12.4. The molecule has 0 bridgehead atoms. The first-order valence-electron chi connectivity index (χ1n) is 15.5. The van der Waals surface area contributed by atoms with E-state index in [1.165, 1.54) is 56.5 Å². The Morgan fingerprint density at radius 2 is 1.45 bits per heavy atom. The fourth-order valence-corrected chi connectivity index (χ4v) is 5.46. The van der Waals surface area contributed by atoms with Gasteiger partial charge in [-0.05, 0) is 87.1 Å². The van der Waals surface area contributed by atoms with Crippen molar-refractivity contribution in [2.45, 2.75) is 138 Å². The largest absolute Gasteiger partial charge is 0.393 e. The van der Waals surface area contributed by atoms with Crippen LogP contribution in [0.4, 0.5) is 13.2 Å². The van der Waals surface area contributed by atoms with Crippen molar-refractivity contribution >= 4 is 22.7 Å². The molecular formula is C35H58F3NS. The molecule has 1 aromatic carbocycles. The number of thioether (sulfide) groups is 1. The molecule has 0 unspecified atom stereocenters. The maximum Gasteiger partial charge on any atom is 0.393 e. The highest BCUT2D eigenvalue weighted by Gasteiger charge is 2.31. The molecular weight excluding hydrogens is 523 g/mol. The number of allylic oxidation sites excluding steroid dienone is 2. The van der Waals surface area contributed by atoms with E-state index in [4.69, 9.17) is 0 Å². The topological polar surface area (TPSA) is 4.93 Å². The van der Waals surface area contributed by atoms with Gasteiger partial charge in [0, 0.05) is 23.1 Å². The summed E-state index contributed by atoms with van der Waals surface area (Å²) < 4.78 is 42.5. The number of hydrogen-bond acceptors (Lipinski definition) is 1. The van der Waals surface area contributed by atoms with Crippen molar-refractivity contribution in [3.05, 3.63) is 59.3 Å². The zero-order valence-electron chi connectivity index (χ0n) is 26.7. The Morgan fingerprint density at radius 3 is 1.98 bits per heavy atom. The van der Waals surface area contributed by atoms with Gasteiger partial charge in [0.1, 0.15) is 0 Å². The molecule has 0 spiro atoms. The minimum Gasteiger partial charge on any atom is -0.345 e. The number of benzene rings is 1. The average molecular weight is 582 g/mol. The van der Waals surface area contributed by atoms with E-state index in [1.54, 1.807) is 6.08 Å². The number of aryl methyl sites for hydroxylation is 3. The number of alkyl halides is 3. The van der Waals surface area contributed by atoms with E-state index in [0.717, 1.165) is 65.5 Å². The van der Waals surface area contributed by atoms with Crippen molar-refractivity contribution in [3.8, 4) is 0 Å². The summed E-state index contributed by atoms with van der Waals surface area (Å²) in [6, 6.07) is 4.01. The highest BCUT2D eigenvalue weighted by molar-refractivity contribution is 7.99. The number of halogens is 3. The van der Waals surface area contributed by atoms with Gasteiger partial charge in [-0.2, -0.15) is 24.9 Å². The summed E-state index contributed by atoms with van der Waals surface area (Å²) in [5.41, 5.74) is 5.49. The molecule has 2 aromatic rings. The number of nitrogens with zero attached hydrogens (tertiary/aromatic N) is 1. The normalized spacial score (nSPS) is 11.1. The van der Waals surface area contributed by atoms with Gasteiger partial charge in [0.2, 0.25) is 0 Å². The van der Waals surface area contributed by atoms with Crippen molar-refractivity contribution in [2.24, 2.45) is 0 Å². The van der Waals surface area contributed by atoms with Crippen LogP contribution in [0.1, 0.15) is 121 Å². The van der Waals surface area contributed by atoms with Gasteiger partial charge in [0.25, 0.3) is 0 Å². The summed E-state index contributed by atoms with van der Waals surface area (Å²) in [5.74, 6) is 2.51. The van der Waals surface area contributed by atoms with Crippen LogP contribution in [0.3, 0.4) is 0 Å². The Hall–Kier alpha value is -1.62. The second-order valence-corrected chi connectivity index (χ2v) is 12.0. The summed E-state index contributed by atoms with van der Waals surface area (Å²) in [6.07, 6.45) is 9.29. The average Bonchev–Trinajstić information content (AvgIpc) is 3.16. The second kappa shape index (κ2) is 22.0. The maximum absolute atomic E-state index is 13.4. The summed E-state index contributed by atoms with van der Waals surface area (Å²) in [5, 5.41) is 0.843. The first-order chi connectivity index (χ1) is 19.0. The zero-order valence-corrected chi connectivity index (χ0v) is 27.6. The molecule has 0 amide bonds. The molecule has 230 valence electrons. The van der Waals surface area contributed by atoms with Crippen LogP contribution in [0.2, 0.25) is 0 Å². The van der Waals surface area contributed by atoms with E-state index >= 15 is 0 Å². The van der Waals surface area contributed by atoms with Crippen LogP contribution in [0, 0.1) is 13.8 Å². The Labute approximate surface area is 249 Å². The van der Waals surface area contributed by atoms with Crippen molar-refractivity contribution in [3.63, 3.8) is 0 Å². The second-order valence-electron chi connectivity index (χ2n) is 10.8. The summed E-state index contributed by atoms with van der Waals surface area (Å²) in [6.45, 7) is 22.5. The monoisotopic (exact) mass is 581 g/mol. The standard InChI is InChI=1S/C26H40F3NS.C5H8.C4H10/c1-5-7-13-22-14-15-24-25(23(22)19-26(27,28)29)20(3)21(4)30(24)16-11-9-10-12-18-31-17-8-6-2;1-4-5(2)3;1-3-4-2/h14-15H,5-13,16-19H2,1-4H3;4H,1-2H2,3H3;3-4H2,1-2H3. The molecule has 2 rings (SSSR count). The molecule has 1 nitrogen and oxygen atoms in total. The molecule has 0 aliphatic rings. The summed E-state index contributed by atoms with van der Waals surface area (Å²) in [7, 11) is 0. The molecule has 0 fully saturated rings. The fraction of sp³-hybridized carbons (Fsp3) is 0.657. The molecule has 1 heterocycles.